The van der Waals surface area contributed by atoms with Gasteiger partial charge in [-0.3, -0.25) is 9.36 Å². The second-order valence-electron chi connectivity index (χ2n) is 10.0. The highest BCUT2D eigenvalue weighted by molar-refractivity contribution is 5.82. The van der Waals surface area contributed by atoms with Crippen LogP contribution in [-0.2, 0) is 22.7 Å². The number of aromatic amines is 1. The van der Waals surface area contributed by atoms with Gasteiger partial charge in [0, 0.05) is 11.1 Å². The quantitative estimate of drug-likeness (QED) is 0.278. The van der Waals surface area contributed by atoms with Gasteiger partial charge in [-0.2, -0.15) is 4.98 Å². The lowest BCUT2D eigenvalue weighted by Crippen LogP contribution is -2.22. The molecule has 0 saturated carbocycles. The highest BCUT2D eigenvalue weighted by atomic mass is 16.5. The Hall–Kier alpha value is -4.53. The van der Waals surface area contributed by atoms with Crippen LogP contribution in [0, 0.1) is 5.41 Å². The van der Waals surface area contributed by atoms with E-state index in [1.54, 1.807) is 0 Å². The smallest absolute Gasteiger partial charge is 0.311 e. The van der Waals surface area contributed by atoms with Gasteiger partial charge in [-0.15, -0.1) is 5.10 Å². The highest BCUT2D eigenvalue weighted by Crippen LogP contribution is 2.31. The Kier molecular flexibility index (Phi) is 6.91. The lowest BCUT2D eigenvalue weighted by Gasteiger charge is -2.16. The molecule has 0 aliphatic heterocycles. The summed E-state index contributed by atoms with van der Waals surface area (Å²) in [6, 6.07) is 22.8. The molecule has 0 unspecified atom stereocenters. The second kappa shape index (κ2) is 10.5. The molecule has 0 fully saturated rings. The summed E-state index contributed by atoms with van der Waals surface area (Å²) < 4.78 is 13.5. The molecule has 5 rings (SSSR count). The zero-order chi connectivity index (χ0) is 26.7. The summed E-state index contributed by atoms with van der Waals surface area (Å²) in [7, 11) is 0. The summed E-state index contributed by atoms with van der Waals surface area (Å²) in [5, 5.41) is 14.3. The number of imidazole rings is 1. The van der Waals surface area contributed by atoms with E-state index in [-0.39, 0.29) is 12.6 Å². The van der Waals surface area contributed by atoms with Gasteiger partial charge in [0.25, 0.3) is 6.01 Å². The fraction of sp³-hybridized carbons (Fsp3) is 0.276. The Morgan fingerprint density at radius 1 is 0.974 bits per heavy atom. The van der Waals surface area contributed by atoms with E-state index >= 15 is 0 Å². The maximum atomic E-state index is 12.3. The number of ether oxygens (including phenoxy) is 2. The number of fused-ring (bicyclic) bond motifs is 1. The molecule has 0 bridgehead atoms. The number of benzene rings is 3. The molecule has 0 amide bonds. The van der Waals surface area contributed by atoms with E-state index in [2.05, 4.69) is 55.5 Å². The van der Waals surface area contributed by atoms with E-state index < -0.39 is 5.41 Å². The number of hydrogen-bond acceptors (Lipinski definition) is 7. The molecule has 9 heteroatoms. The molecule has 9 nitrogen and oxygen atoms in total. The molecule has 3 aromatic carbocycles. The number of tetrazole rings is 1. The van der Waals surface area contributed by atoms with Crippen LogP contribution in [0.2, 0.25) is 0 Å². The van der Waals surface area contributed by atoms with Gasteiger partial charge in [-0.05, 0) is 60.9 Å². The van der Waals surface area contributed by atoms with E-state index in [1.807, 2.05) is 64.1 Å². The molecular formula is C29H30N6O3. The van der Waals surface area contributed by atoms with Gasteiger partial charge in [-0.1, -0.05) is 60.7 Å². The fourth-order valence-electron chi connectivity index (χ4n) is 4.24. The van der Waals surface area contributed by atoms with Crippen LogP contribution in [-0.4, -0.2) is 42.8 Å². The number of hydrogen-bond donors (Lipinski definition) is 1. The summed E-state index contributed by atoms with van der Waals surface area (Å²) in [5.74, 6) is 0.375. The molecule has 0 atom stereocenters. The molecule has 0 aliphatic rings. The number of H-pyrrole nitrogens is 1. The summed E-state index contributed by atoms with van der Waals surface area (Å²) >= 11 is 0. The molecule has 0 saturated heterocycles. The van der Waals surface area contributed by atoms with Crippen molar-refractivity contribution in [2.75, 3.05) is 6.61 Å². The molecule has 0 spiro atoms. The first kappa shape index (κ1) is 25.1. The van der Waals surface area contributed by atoms with Crippen molar-refractivity contribution in [1.82, 2.24) is 30.2 Å². The van der Waals surface area contributed by atoms with Crippen LogP contribution in [0.3, 0.4) is 0 Å². The predicted molar refractivity (Wildman–Crippen MR) is 144 cm³/mol. The van der Waals surface area contributed by atoms with E-state index in [1.165, 1.54) is 0 Å². The molecule has 2 aromatic heterocycles. The van der Waals surface area contributed by atoms with Crippen molar-refractivity contribution >= 4 is 17.0 Å². The van der Waals surface area contributed by atoms with Crippen LogP contribution < -0.4 is 4.74 Å². The van der Waals surface area contributed by atoms with Crippen LogP contribution in [0.15, 0.2) is 66.7 Å². The first-order valence-electron chi connectivity index (χ1n) is 12.6. The van der Waals surface area contributed by atoms with Gasteiger partial charge >= 0.3 is 5.97 Å². The second-order valence-corrected chi connectivity index (χ2v) is 10.0. The maximum Gasteiger partial charge on any atom is 0.311 e. The number of para-hydroxylation sites is 1. The topological polar surface area (TPSA) is 108 Å². The molecule has 5 aromatic rings. The molecule has 38 heavy (non-hydrogen) atoms. The monoisotopic (exact) mass is 510 g/mol. The molecular weight excluding hydrogens is 480 g/mol. The minimum atomic E-state index is -0.567. The standard InChI is InChI=1S/C29H30N6O3/c1-5-37-28-30-25-21(18-38-27(36)29(2,3)4)9-8-12-24(25)35(28)17-19-13-15-20(16-14-19)22-10-6-7-11-23(22)26-31-33-34-32-26/h6-16H,5,17-18H2,1-4H3,(H,31,32,33,34). The third kappa shape index (κ3) is 5.13. The van der Waals surface area contributed by atoms with Gasteiger partial charge in [-0.25, -0.2) is 5.10 Å². The number of nitrogens with zero attached hydrogens (tertiary/aromatic N) is 5. The van der Waals surface area contributed by atoms with Crippen LogP contribution in [0.4, 0.5) is 0 Å². The van der Waals surface area contributed by atoms with Crippen molar-refractivity contribution in [2.24, 2.45) is 5.41 Å². The van der Waals surface area contributed by atoms with Gasteiger partial charge in [0.15, 0.2) is 5.82 Å². The van der Waals surface area contributed by atoms with Crippen molar-refractivity contribution in [3.63, 3.8) is 0 Å². The van der Waals surface area contributed by atoms with E-state index in [0.717, 1.165) is 38.9 Å². The molecule has 1 N–H and O–H groups in total. The average molecular weight is 511 g/mol. The largest absolute Gasteiger partial charge is 0.465 e. The Balaban J connectivity index is 1.44. The minimum Gasteiger partial charge on any atom is -0.465 e. The van der Waals surface area contributed by atoms with Crippen molar-refractivity contribution in [3.05, 3.63) is 77.9 Å². The SMILES string of the molecule is CCOc1nc2c(COC(=O)C(C)(C)C)cccc2n1Cc1ccc(-c2ccccc2-c2nnn[nH]2)cc1. The number of carbonyl (C=O) groups excluding carboxylic acids is 1. The van der Waals surface area contributed by atoms with Crippen LogP contribution in [0.25, 0.3) is 33.5 Å². The van der Waals surface area contributed by atoms with Gasteiger partial charge in [0.1, 0.15) is 6.61 Å². The van der Waals surface area contributed by atoms with Crippen molar-refractivity contribution < 1.29 is 14.3 Å². The lowest BCUT2D eigenvalue weighted by molar-refractivity contribution is -0.154. The van der Waals surface area contributed by atoms with Crippen LogP contribution >= 0.6 is 0 Å². The molecule has 0 radical (unpaired) electrons. The van der Waals surface area contributed by atoms with Crippen LogP contribution in [0.5, 0.6) is 6.01 Å². The van der Waals surface area contributed by atoms with E-state index in [4.69, 9.17) is 14.5 Å². The Bertz CT molecular complexity index is 1550. The number of rotatable bonds is 8. The molecule has 0 aliphatic carbocycles. The maximum absolute atomic E-state index is 12.3. The number of esters is 1. The third-order valence-corrected chi connectivity index (χ3v) is 6.21. The fourth-order valence-corrected chi connectivity index (χ4v) is 4.24. The Morgan fingerprint density at radius 2 is 1.74 bits per heavy atom. The number of nitrogens with one attached hydrogen (secondary N) is 1. The highest BCUT2D eigenvalue weighted by Gasteiger charge is 2.24. The summed E-state index contributed by atoms with van der Waals surface area (Å²) in [6.45, 7) is 8.68. The average Bonchev–Trinajstić information content (AvgIpc) is 3.57. The van der Waals surface area contributed by atoms with Crippen molar-refractivity contribution in [1.29, 1.82) is 0 Å². The van der Waals surface area contributed by atoms with Crippen LogP contribution in [0.1, 0.15) is 38.8 Å². The van der Waals surface area contributed by atoms with E-state index in [0.29, 0.717) is 25.0 Å². The third-order valence-electron chi connectivity index (χ3n) is 6.21. The number of aromatic nitrogens is 6. The van der Waals surface area contributed by atoms with E-state index in [9.17, 15) is 4.79 Å². The zero-order valence-electron chi connectivity index (χ0n) is 21.9. The van der Waals surface area contributed by atoms with Gasteiger partial charge in [0.2, 0.25) is 0 Å². The Labute approximate surface area is 220 Å². The predicted octanol–water partition coefficient (Wildman–Crippen LogP) is 5.42. The van der Waals surface area contributed by atoms with Crippen molar-refractivity contribution in [3.8, 4) is 28.5 Å². The summed E-state index contributed by atoms with van der Waals surface area (Å²) in [5.41, 5.74) is 6.09. The number of carbonyl (C=O) groups is 1. The van der Waals surface area contributed by atoms with Gasteiger partial charge in [0.05, 0.1) is 29.6 Å². The Morgan fingerprint density at radius 3 is 2.42 bits per heavy atom. The first-order chi connectivity index (χ1) is 18.3. The minimum absolute atomic E-state index is 0.158. The normalized spacial score (nSPS) is 11.6. The van der Waals surface area contributed by atoms with Gasteiger partial charge < -0.3 is 9.47 Å². The lowest BCUT2D eigenvalue weighted by atomic mass is 9.97. The van der Waals surface area contributed by atoms with Crippen molar-refractivity contribution in [2.45, 2.75) is 40.8 Å². The summed E-state index contributed by atoms with van der Waals surface area (Å²) in [4.78, 5) is 17.1. The summed E-state index contributed by atoms with van der Waals surface area (Å²) in [6.07, 6.45) is 0. The zero-order valence-corrected chi connectivity index (χ0v) is 21.9. The molecule has 194 valence electrons. The first-order valence-corrected chi connectivity index (χ1v) is 12.6. The molecule has 2 heterocycles.